The van der Waals surface area contributed by atoms with Crippen LogP contribution in [0.15, 0.2) is 24.5 Å². The summed E-state index contributed by atoms with van der Waals surface area (Å²) in [4.78, 5) is 38.9. The van der Waals surface area contributed by atoms with Gasteiger partial charge in [0, 0.05) is 37.8 Å². The first-order chi connectivity index (χ1) is 15.9. The van der Waals surface area contributed by atoms with E-state index in [-0.39, 0.29) is 19.6 Å². The number of anilines is 1. The molecule has 0 unspecified atom stereocenters. The van der Waals surface area contributed by atoms with E-state index in [1.807, 2.05) is 6.07 Å². The monoisotopic (exact) mass is 456 g/mol. The number of hydrogen-bond acceptors (Lipinski definition) is 8. The first kappa shape index (κ1) is 24.6. The van der Waals surface area contributed by atoms with Crippen molar-refractivity contribution in [2.45, 2.75) is 58.4 Å². The third-order valence-electron chi connectivity index (χ3n) is 5.78. The average Bonchev–Trinajstić information content (AvgIpc) is 2.79. The lowest BCUT2D eigenvalue weighted by Gasteiger charge is -2.27. The largest absolute Gasteiger partial charge is 0.480 e. The molecule has 1 atom stereocenters. The lowest BCUT2D eigenvalue weighted by molar-refractivity contribution is -0.174. The molecule has 0 radical (unpaired) electrons. The summed E-state index contributed by atoms with van der Waals surface area (Å²) in [5.74, 6) is -0.826. The Morgan fingerprint density at radius 1 is 1.21 bits per heavy atom. The van der Waals surface area contributed by atoms with Gasteiger partial charge in [-0.15, -0.1) is 5.06 Å². The molecule has 0 fully saturated rings. The van der Waals surface area contributed by atoms with Crippen molar-refractivity contribution in [3.8, 4) is 0 Å². The Morgan fingerprint density at radius 2 is 1.97 bits per heavy atom. The molecule has 2 aromatic rings. The van der Waals surface area contributed by atoms with E-state index in [4.69, 9.17) is 4.84 Å². The van der Waals surface area contributed by atoms with Crippen molar-refractivity contribution in [2.24, 2.45) is 0 Å². The zero-order valence-electron chi connectivity index (χ0n) is 19.2. The van der Waals surface area contributed by atoms with Gasteiger partial charge in [0.25, 0.3) is 0 Å². The van der Waals surface area contributed by atoms with Crippen molar-refractivity contribution < 1.29 is 24.6 Å². The minimum Gasteiger partial charge on any atom is -0.480 e. The Hall–Kier alpha value is -3.04. The van der Waals surface area contributed by atoms with Gasteiger partial charge in [0.1, 0.15) is 11.9 Å². The predicted molar refractivity (Wildman–Crippen MR) is 123 cm³/mol. The molecule has 3 N–H and O–H groups in total. The Morgan fingerprint density at radius 3 is 2.67 bits per heavy atom. The molecule has 2 aromatic heterocycles. The van der Waals surface area contributed by atoms with Crippen LogP contribution in [0, 0.1) is 13.8 Å². The number of aliphatic hydroxyl groups is 1. The van der Waals surface area contributed by atoms with Crippen molar-refractivity contribution in [1.29, 1.82) is 0 Å². The number of aromatic nitrogens is 2. The first-order valence-electron chi connectivity index (χ1n) is 11.4. The van der Waals surface area contributed by atoms with Gasteiger partial charge in [-0.05, 0) is 75.1 Å². The molecule has 0 aliphatic carbocycles. The van der Waals surface area contributed by atoms with Crippen molar-refractivity contribution >= 4 is 17.8 Å². The number of hydrogen-bond donors (Lipinski definition) is 3. The summed E-state index contributed by atoms with van der Waals surface area (Å²) in [6, 6.07) is 3.01. The number of aliphatic carboxylic acids is 1. The molecule has 0 saturated carbocycles. The van der Waals surface area contributed by atoms with E-state index in [0.717, 1.165) is 43.7 Å². The second-order valence-electron chi connectivity index (χ2n) is 8.33. The van der Waals surface area contributed by atoms with Crippen LogP contribution in [0.1, 0.15) is 58.4 Å². The summed E-state index contributed by atoms with van der Waals surface area (Å²) in [5.41, 5.74) is 3.88. The molecule has 9 heteroatoms. The fraction of sp³-hybridized carbons (Fsp3) is 0.500. The number of unbranched alkanes of at least 4 members (excludes halogenated alkanes) is 1. The Bertz CT molecular complexity index is 961. The van der Waals surface area contributed by atoms with Crippen LogP contribution in [-0.4, -0.2) is 62.9 Å². The van der Waals surface area contributed by atoms with Crippen LogP contribution in [0.5, 0.6) is 0 Å². The van der Waals surface area contributed by atoms with Gasteiger partial charge in [0.15, 0.2) is 0 Å². The van der Waals surface area contributed by atoms with Gasteiger partial charge in [0.2, 0.25) is 0 Å². The first-order valence-corrected chi connectivity index (χ1v) is 11.4. The number of pyridine rings is 2. The number of fused-ring (bicyclic) bond motifs is 1. The second kappa shape index (κ2) is 11.7. The Labute approximate surface area is 193 Å². The van der Waals surface area contributed by atoms with E-state index >= 15 is 0 Å². The summed E-state index contributed by atoms with van der Waals surface area (Å²) in [6.45, 7) is 4.34. The van der Waals surface area contributed by atoms with E-state index in [1.165, 1.54) is 10.6 Å². The van der Waals surface area contributed by atoms with Crippen LogP contribution in [0.3, 0.4) is 0 Å². The van der Waals surface area contributed by atoms with Crippen molar-refractivity contribution in [1.82, 2.24) is 15.0 Å². The summed E-state index contributed by atoms with van der Waals surface area (Å²) in [6.07, 6.45) is 7.31. The van der Waals surface area contributed by atoms with Gasteiger partial charge in [-0.25, -0.2) is 9.78 Å². The zero-order valence-corrected chi connectivity index (χ0v) is 19.2. The van der Waals surface area contributed by atoms with Crippen molar-refractivity contribution in [2.75, 3.05) is 25.0 Å². The predicted octanol–water partition coefficient (Wildman–Crippen LogP) is 2.68. The normalized spacial score (nSPS) is 13.8. The maximum absolute atomic E-state index is 12.9. The number of aliphatic hydroxyl groups excluding tert-OH is 1. The van der Waals surface area contributed by atoms with Gasteiger partial charge in [0.05, 0.1) is 5.56 Å². The van der Waals surface area contributed by atoms with Crippen LogP contribution >= 0.6 is 0 Å². The van der Waals surface area contributed by atoms with E-state index in [1.54, 1.807) is 26.2 Å². The minimum atomic E-state index is -1.15. The number of aryl methyl sites for hydroxylation is 4. The number of nitrogens with zero attached hydrogens (tertiary/aromatic N) is 3. The summed E-state index contributed by atoms with van der Waals surface area (Å²) >= 11 is 0. The molecule has 1 aliphatic rings. The van der Waals surface area contributed by atoms with Gasteiger partial charge < -0.3 is 20.4 Å². The highest BCUT2D eigenvalue weighted by molar-refractivity contribution is 5.92. The van der Waals surface area contributed by atoms with Gasteiger partial charge >= 0.3 is 11.9 Å². The molecule has 3 heterocycles. The molecule has 178 valence electrons. The molecule has 1 aliphatic heterocycles. The van der Waals surface area contributed by atoms with Crippen LogP contribution < -0.4 is 5.32 Å². The van der Waals surface area contributed by atoms with E-state index < -0.39 is 18.0 Å². The molecule has 0 amide bonds. The molecular formula is C24H32N4O5. The Kier molecular flexibility index (Phi) is 8.73. The van der Waals surface area contributed by atoms with Crippen LogP contribution in [0.25, 0.3) is 0 Å². The summed E-state index contributed by atoms with van der Waals surface area (Å²) < 4.78 is 0. The van der Waals surface area contributed by atoms with E-state index in [2.05, 4.69) is 21.4 Å². The van der Waals surface area contributed by atoms with Crippen molar-refractivity contribution in [3.63, 3.8) is 0 Å². The SMILES string of the molecule is Cc1cncc(C)c1C(=O)ON(CCCCc1ccc2c(n1)NCCC2)[C@@H](CCO)C(=O)O. The van der Waals surface area contributed by atoms with Crippen LogP contribution in [0.4, 0.5) is 5.82 Å². The highest BCUT2D eigenvalue weighted by atomic mass is 16.7. The highest BCUT2D eigenvalue weighted by Gasteiger charge is 2.29. The molecule has 0 spiro atoms. The minimum absolute atomic E-state index is 0.0467. The third-order valence-corrected chi connectivity index (χ3v) is 5.78. The molecule has 9 nitrogen and oxygen atoms in total. The second-order valence-corrected chi connectivity index (χ2v) is 8.33. The maximum atomic E-state index is 12.9. The fourth-order valence-electron chi connectivity index (χ4n) is 4.03. The number of nitrogens with one attached hydrogen (secondary N) is 1. The van der Waals surface area contributed by atoms with Gasteiger partial charge in [-0.3, -0.25) is 9.78 Å². The molecular weight excluding hydrogens is 424 g/mol. The highest BCUT2D eigenvalue weighted by Crippen LogP contribution is 2.21. The number of carboxylic acid groups (broad SMARTS) is 1. The molecule has 0 bridgehead atoms. The third kappa shape index (κ3) is 6.49. The van der Waals surface area contributed by atoms with Gasteiger partial charge in [-0.1, -0.05) is 6.07 Å². The quantitative estimate of drug-likeness (QED) is 0.346. The number of carboxylic acids is 1. The molecule has 3 rings (SSSR count). The van der Waals surface area contributed by atoms with Crippen molar-refractivity contribution in [3.05, 3.63) is 52.5 Å². The maximum Gasteiger partial charge on any atom is 0.357 e. The number of hydroxylamine groups is 2. The Balaban J connectivity index is 1.64. The smallest absolute Gasteiger partial charge is 0.357 e. The topological polar surface area (TPSA) is 125 Å². The van der Waals surface area contributed by atoms with E-state index in [9.17, 15) is 19.8 Å². The summed E-state index contributed by atoms with van der Waals surface area (Å²) in [5, 5.41) is 23.5. The molecule has 33 heavy (non-hydrogen) atoms. The fourth-order valence-corrected chi connectivity index (χ4v) is 4.03. The van der Waals surface area contributed by atoms with Gasteiger partial charge in [-0.2, -0.15) is 0 Å². The molecule has 0 saturated heterocycles. The van der Waals surface area contributed by atoms with Crippen LogP contribution in [0.2, 0.25) is 0 Å². The lowest BCUT2D eigenvalue weighted by atomic mass is 10.1. The lowest BCUT2D eigenvalue weighted by Crippen LogP contribution is -2.44. The summed E-state index contributed by atoms with van der Waals surface area (Å²) in [7, 11) is 0. The standard InChI is InChI=1S/C24H32N4O5/c1-16-14-25-15-17(2)21(16)24(32)33-28(20(10-13-29)23(30)31)12-4-3-7-19-9-8-18-6-5-11-26-22(18)27-19/h8-9,14-15,20,29H,3-7,10-13H2,1-2H3,(H,26,27)(H,30,31)/t20-/m0/s1. The average molecular weight is 457 g/mol. The van der Waals surface area contributed by atoms with E-state index in [0.29, 0.717) is 23.1 Å². The molecule has 0 aromatic carbocycles. The number of rotatable bonds is 11. The number of carbonyl (C=O) groups excluding carboxylic acids is 1. The van der Waals surface area contributed by atoms with Crippen LogP contribution in [-0.2, 0) is 22.5 Å². The zero-order chi connectivity index (χ0) is 23.8. The number of carbonyl (C=O) groups is 2.